The number of ether oxygens (including phenoxy) is 1. The maximum atomic E-state index is 13.8. The molecule has 4 rings (SSSR count). The summed E-state index contributed by atoms with van der Waals surface area (Å²) in [5.41, 5.74) is 1.30. The van der Waals surface area contributed by atoms with Crippen LogP contribution >= 0.6 is 0 Å². The normalized spacial score (nSPS) is 10.9. The maximum absolute atomic E-state index is 13.8. The summed E-state index contributed by atoms with van der Waals surface area (Å²) in [5, 5.41) is 5.82. The van der Waals surface area contributed by atoms with Crippen LogP contribution in [0.5, 0.6) is 0 Å². The molecule has 0 unspecified atom stereocenters. The molecule has 0 N–H and O–H groups in total. The number of aromatic nitrogens is 1. The van der Waals surface area contributed by atoms with E-state index in [1.54, 1.807) is 0 Å². The van der Waals surface area contributed by atoms with Crippen LogP contribution in [0.15, 0.2) is 71.3 Å². The van der Waals surface area contributed by atoms with E-state index < -0.39 is 17.6 Å². The van der Waals surface area contributed by atoms with Gasteiger partial charge in [0.15, 0.2) is 5.76 Å². The number of esters is 1. The number of benzene rings is 3. The fourth-order valence-corrected chi connectivity index (χ4v) is 3.00. The second-order valence-corrected chi connectivity index (χ2v) is 6.28. The second-order valence-electron chi connectivity index (χ2n) is 6.28. The van der Waals surface area contributed by atoms with E-state index in [2.05, 4.69) is 5.16 Å². The first-order valence-electron chi connectivity index (χ1n) is 8.63. The molecule has 0 atom stereocenters. The summed E-state index contributed by atoms with van der Waals surface area (Å²) in [6, 6.07) is 18.2. The van der Waals surface area contributed by atoms with Crippen molar-refractivity contribution in [2.75, 3.05) is 0 Å². The third-order valence-corrected chi connectivity index (χ3v) is 4.35. The number of carbonyl (C=O) groups excluding carboxylic acids is 1. The number of hydrogen-bond donors (Lipinski definition) is 0. The molecule has 1 heterocycles. The molecule has 0 saturated heterocycles. The summed E-state index contributed by atoms with van der Waals surface area (Å²) in [5.74, 6) is -1.70. The Labute approximate surface area is 159 Å². The molecule has 0 fully saturated rings. The molecule has 0 amide bonds. The fourth-order valence-electron chi connectivity index (χ4n) is 3.00. The van der Waals surface area contributed by atoms with Crippen LogP contribution in [-0.4, -0.2) is 11.1 Å². The molecule has 4 nitrogen and oxygen atoms in total. The van der Waals surface area contributed by atoms with E-state index in [-0.39, 0.29) is 24.4 Å². The molecule has 0 bridgehead atoms. The molecule has 0 saturated carbocycles. The zero-order valence-electron chi connectivity index (χ0n) is 14.7. The topological polar surface area (TPSA) is 52.3 Å². The van der Waals surface area contributed by atoms with Gasteiger partial charge >= 0.3 is 5.97 Å². The van der Waals surface area contributed by atoms with Crippen LogP contribution in [0.3, 0.4) is 0 Å². The minimum atomic E-state index is -0.754. The number of hydrogen-bond acceptors (Lipinski definition) is 4. The van der Waals surface area contributed by atoms with Gasteiger partial charge in [-0.25, -0.2) is 8.78 Å². The summed E-state index contributed by atoms with van der Waals surface area (Å²) in [4.78, 5) is 12.2. The fraction of sp³-hybridized carbons (Fsp3) is 0.0909. The molecule has 4 aromatic rings. The minimum absolute atomic E-state index is 0.0854. The van der Waals surface area contributed by atoms with E-state index >= 15 is 0 Å². The molecule has 0 radical (unpaired) electrons. The molecular formula is C22H15F2NO3. The molecule has 0 aliphatic heterocycles. The Bertz CT molecular complexity index is 1150. The lowest BCUT2D eigenvalue weighted by molar-refractivity contribution is -0.144. The van der Waals surface area contributed by atoms with Crippen molar-refractivity contribution in [2.45, 2.75) is 13.0 Å². The van der Waals surface area contributed by atoms with Gasteiger partial charge in [-0.2, -0.15) is 0 Å². The second kappa shape index (κ2) is 7.60. The highest BCUT2D eigenvalue weighted by Crippen LogP contribution is 2.24. The Balaban J connectivity index is 1.42. The van der Waals surface area contributed by atoms with E-state index in [4.69, 9.17) is 9.26 Å². The zero-order chi connectivity index (χ0) is 19.5. The first-order valence-corrected chi connectivity index (χ1v) is 8.63. The summed E-state index contributed by atoms with van der Waals surface area (Å²) in [6.45, 7) is -0.101. The van der Waals surface area contributed by atoms with Gasteiger partial charge in [-0.1, -0.05) is 47.6 Å². The Morgan fingerprint density at radius 2 is 1.82 bits per heavy atom. The summed E-state index contributed by atoms with van der Waals surface area (Å²) >= 11 is 0. The van der Waals surface area contributed by atoms with Crippen molar-refractivity contribution in [3.05, 3.63) is 89.6 Å². The molecule has 6 heteroatoms. The highest BCUT2D eigenvalue weighted by atomic mass is 19.1. The van der Waals surface area contributed by atoms with Gasteiger partial charge in [-0.3, -0.25) is 4.79 Å². The van der Waals surface area contributed by atoms with Crippen molar-refractivity contribution in [2.24, 2.45) is 0 Å². The summed E-state index contributed by atoms with van der Waals surface area (Å²) in [6.07, 6.45) is 0.124. The maximum Gasteiger partial charge on any atom is 0.310 e. The monoisotopic (exact) mass is 379 g/mol. The van der Waals surface area contributed by atoms with Crippen LogP contribution in [-0.2, 0) is 22.6 Å². The lowest BCUT2D eigenvalue weighted by Gasteiger charge is -2.06. The van der Waals surface area contributed by atoms with Gasteiger partial charge in [-0.15, -0.1) is 0 Å². The predicted octanol–water partition coefficient (Wildman–Crippen LogP) is 5.06. The molecule has 0 aliphatic rings. The largest absolute Gasteiger partial charge is 0.459 e. The van der Waals surface area contributed by atoms with Gasteiger partial charge in [0.25, 0.3) is 0 Å². The molecule has 0 aliphatic carbocycles. The van der Waals surface area contributed by atoms with Gasteiger partial charge in [0, 0.05) is 12.1 Å². The molecule has 1 aromatic heterocycles. The standard InChI is InChI=1S/C22H15F2NO3/c23-16-8-9-19(20(24)11-16)21-12-17(25-28-21)13-27-22(26)10-15-6-3-5-14-4-1-2-7-18(14)15/h1-9,11-12H,10,13H2. The van der Waals surface area contributed by atoms with Gasteiger partial charge in [0.05, 0.1) is 12.0 Å². The van der Waals surface area contributed by atoms with E-state index in [0.29, 0.717) is 5.69 Å². The van der Waals surface area contributed by atoms with Crippen molar-refractivity contribution < 1.29 is 22.8 Å². The molecule has 28 heavy (non-hydrogen) atoms. The Kier molecular flexibility index (Phi) is 4.85. The van der Waals surface area contributed by atoms with Crippen molar-refractivity contribution in [3.8, 4) is 11.3 Å². The summed E-state index contributed by atoms with van der Waals surface area (Å²) in [7, 11) is 0. The first-order chi connectivity index (χ1) is 13.6. The van der Waals surface area contributed by atoms with Crippen LogP contribution in [0, 0.1) is 11.6 Å². The number of rotatable bonds is 5. The Morgan fingerprint density at radius 3 is 2.68 bits per heavy atom. The van der Waals surface area contributed by atoms with Crippen LogP contribution < -0.4 is 0 Å². The van der Waals surface area contributed by atoms with E-state index in [1.807, 2.05) is 42.5 Å². The first kappa shape index (κ1) is 17.9. The van der Waals surface area contributed by atoms with Gasteiger partial charge < -0.3 is 9.26 Å². The van der Waals surface area contributed by atoms with E-state index in [1.165, 1.54) is 12.1 Å². The number of fused-ring (bicyclic) bond motifs is 1. The van der Waals surface area contributed by atoms with E-state index in [0.717, 1.165) is 28.5 Å². The van der Waals surface area contributed by atoms with Crippen molar-refractivity contribution >= 4 is 16.7 Å². The molecule has 3 aromatic carbocycles. The molecule has 0 spiro atoms. The highest BCUT2D eigenvalue weighted by Gasteiger charge is 2.14. The van der Waals surface area contributed by atoms with Crippen molar-refractivity contribution in [1.29, 1.82) is 0 Å². The number of carbonyl (C=O) groups is 1. The van der Waals surface area contributed by atoms with E-state index in [9.17, 15) is 13.6 Å². The SMILES string of the molecule is O=C(Cc1cccc2ccccc12)OCc1cc(-c2ccc(F)cc2F)on1. The smallest absolute Gasteiger partial charge is 0.310 e. The third kappa shape index (κ3) is 3.76. The minimum Gasteiger partial charge on any atom is -0.459 e. The average Bonchev–Trinajstić information content (AvgIpc) is 3.15. The number of halogens is 2. The molecule has 140 valence electrons. The van der Waals surface area contributed by atoms with Gasteiger partial charge in [0.2, 0.25) is 0 Å². The lowest BCUT2D eigenvalue weighted by atomic mass is 10.0. The quantitative estimate of drug-likeness (QED) is 0.455. The summed E-state index contributed by atoms with van der Waals surface area (Å²) < 4.78 is 37.2. The predicted molar refractivity (Wildman–Crippen MR) is 99.3 cm³/mol. The van der Waals surface area contributed by atoms with Gasteiger partial charge in [0.1, 0.15) is 23.9 Å². The molecular weight excluding hydrogens is 364 g/mol. The van der Waals surface area contributed by atoms with Crippen LogP contribution in [0.4, 0.5) is 8.78 Å². The van der Waals surface area contributed by atoms with Crippen molar-refractivity contribution in [3.63, 3.8) is 0 Å². The van der Waals surface area contributed by atoms with Crippen LogP contribution in [0.1, 0.15) is 11.3 Å². The lowest BCUT2D eigenvalue weighted by Crippen LogP contribution is -2.08. The van der Waals surface area contributed by atoms with Crippen molar-refractivity contribution in [1.82, 2.24) is 5.16 Å². The average molecular weight is 379 g/mol. The third-order valence-electron chi connectivity index (χ3n) is 4.35. The Hall–Kier alpha value is -3.54. The van der Waals surface area contributed by atoms with Crippen LogP contribution in [0.2, 0.25) is 0 Å². The highest BCUT2D eigenvalue weighted by molar-refractivity contribution is 5.88. The Morgan fingerprint density at radius 1 is 1.00 bits per heavy atom. The number of nitrogens with zero attached hydrogens (tertiary/aromatic N) is 1. The van der Waals surface area contributed by atoms with Gasteiger partial charge in [-0.05, 0) is 28.5 Å². The zero-order valence-corrected chi connectivity index (χ0v) is 14.7. The van der Waals surface area contributed by atoms with Crippen LogP contribution in [0.25, 0.3) is 22.1 Å².